The van der Waals surface area contributed by atoms with Crippen LogP contribution in [0.2, 0.25) is 0 Å². The minimum absolute atomic E-state index is 0.00215. The van der Waals surface area contributed by atoms with Gasteiger partial charge in [0.15, 0.2) is 5.13 Å². The molecule has 1 N–H and O–H groups in total. The SMILES string of the molecule is CC(C)(C)c1csc(NC(=O)C[C@H]2OCCc3ccsc32)n1. The molecule has 2 aromatic rings. The van der Waals surface area contributed by atoms with Crippen LogP contribution in [-0.4, -0.2) is 17.5 Å². The Kier molecular flexibility index (Phi) is 4.34. The van der Waals surface area contributed by atoms with Crippen molar-refractivity contribution in [3.8, 4) is 0 Å². The van der Waals surface area contributed by atoms with Gasteiger partial charge in [-0.1, -0.05) is 20.8 Å². The number of carbonyl (C=O) groups excluding carboxylic acids is 1. The Bertz CT molecular complexity index is 670. The van der Waals surface area contributed by atoms with Crippen LogP contribution < -0.4 is 5.32 Å². The summed E-state index contributed by atoms with van der Waals surface area (Å²) in [6.45, 7) is 7.03. The molecule has 1 aliphatic rings. The molecule has 4 nitrogen and oxygen atoms in total. The number of ether oxygens (including phenoxy) is 1. The maximum atomic E-state index is 12.3. The summed E-state index contributed by atoms with van der Waals surface area (Å²) < 4.78 is 5.76. The second-order valence-corrected chi connectivity index (χ2v) is 8.27. The standard InChI is InChI=1S/C16H20N2O2S2/c1-16(2,3)12-9-22-15(17-12)18-13(19)8-11-14-10(4-6-20-11)5-7-21-14/h5,7,9,11H,4,6,8H2,1-3H3,(H,17,18,19)/t11-/m1/s1. The van der Waals surface area contributed by atoms with Gasteiger partial charge in [-0.15, -0.1) is 22.7 Å². The summed E-state index contributed by atoms with van der Waals surface area (Å²) in [4.78, 5) is 17.9. The number of anilines is 1. The lowest BCUT2D eigenvalue weighted by Crippen LogP contribution is -2.21. The quantitative estimate of drug-likeness (QED) is 0.916. The summed E-state index contributed by atoms with van der Waals surface area (Å²) in [6.07, 6.45) is 1.17. The molecule has 118 valence electrons. The lowest BCUT2D eigenvalue weighted by atomic mass is 9.93. The third-order valence-electron chi connectivity index (χ3n) is 3.65. The number of amides is 1. The maximum absolute atomic E-state index is 12.3. The first-order valence-corrected chi connectivity index (χ1v) is 9.13. The molecule has 3 heterocycles. The van der Waals surface area contributed by atoms with E-state index >= 15 is 0 Å². The van der Waals surface area contributed by atoms with Gasteiger partial charge in [-0.05, 0) is 23.4 Å². The molecule has 22 heavy (non-hydrogen) atoms. The molecular weight excluding hydrogens is 316 g/mol. The van der Waals surface area contributed by atoms with Crippen molar-refractivity contribution in [2.75, 3.05) is 11.9 Å². The molecule has 0 bridgehead atoms. The summed E-state index contributed by atoms with van der Waals surface area (Å²) in [6, 6.07) is 2.13. The molecule has 1 aliphatic heterocycles. The first-order chi connectivity index (χ1) is 10.4. The minimum Gasteiger partial charge on any atom is -0.372 e. The number of aromatic nitrogens is 1. The first kappa shape index (κ1) is 15.6. The number of fused-ring (bicyclic) bond motifs is 1. The molecule has 0 aromatic carbocycles. The van der Waals surface area contributed by atoms with Crippen LogP contribution in [0.5, 0.6) is 0 Å². The molecular formula is C16H20N2O2S2. The number of hydrogen-bond acceptors (Lipinski definition) is 5. The van der Waals surface area contributed by atoms with Gasteiger partial charge in [0.2, 0.25) is 5.91 Å². The summed E-state index contributed by atoms with van der Waals surface area (Å²) in [5.41, 5.74) is 2.32. The zero-order valence-corrected chi connectivity index (χ0v) is 14.6. The van der Waals surface area contributed by atoms with Crippen LogP contribution >= 0.6 is 22.7 Å². The number of carbonyl (C=O) groups is 1. The van der Waals surface area contributed by atoms with Gasteiger partial charge in [0.25, 0.3) is 0 Å². The Balaban J connectivity index is 1.63. The van der Waals surface area contributed by atoms with E-state index in [1.165, 1.54) is 21.8 Å². The zero-order chi connectivity index (χ0) is 15.7. The second kappa shape index (κ2) is 6.10. The van der Waals surface area contributed by atoms with Gasteiger partial charge in [0.05, 0.1) is 18.7 Å². The minimum atomic E-state index is -0.120. The van der Waals surface area contributed by atoms with E-state index in [0.29, 0.717) is 18.2 Å². The van der Waals surface area contributed by atoms with Crippen molar-refractivity contribution in [1.82, 2.24) is 4.98 Å². The van der Waals surface area contributed by atoms with E-state index in [9.17, 15) is 4.79 Å². The van der Waals surface area contributed by atoms with Gasteiger partial charge in [0.1, 0.15) is 6.10 Å². The van der Waals surface area contributed by atoms with Crippen LogP contribution in [0.4, 0.5) is 5.13 Å². The normalized spacial score (nSPS) is 18.0. The van der Waals surface area contributed by atoms with Crippen molar-refractivity contribution in [3.05, 3.63) is 33.0 Å². The Morgan fingerprint density at radius 2 is 2.27 bits per heavy atom. The first-order valence-electron chi connectivity index (χ1n) is 7.37. The van der Waals surface area contributed by atoms with Crippen molar-refractivity contribution >= 4 is 33.7 Å². The summed E-state index contributed by atoms with van der Waals surface area (Å²) >= 11 is 3.14. The fourth-order valence-corrected chi connectivity index (χ4v) is 4.35. The van der Waals surface area contributed by atoms with Gasteiger partial charge in [-0.25, -0.2) is 4.98 Å². The maximum Gasteiger partial charge on any atom is 0.229 e. The average Bonchev–Trinajstić information content (AvgIpc) is 3.06. The number of thiazole rings is 1. The van der Waals surface area contributed by atoms with Crippen LogP contribution in [0.25, 0.3) is 0 Å². The van der Waals surface area contributed by atoms with E-state index in [2.05, 4.69) is 42.5 Å². The number of rotatable bonds is 3. The number of nitrogens with one attached hydrogen (secondary N) is 1. The predicted molar refractivity (Wildman–Crippen MR) is 90.8 cm³/mol. The lowest BCUT2D eigenvalue weighted by molar-refractivity contribution is -0.119. The molecule has 2 aromatic heterocycles. The Labute approximate surface area is 138 Å². The number of nitrogens with zero attached hydrogens (tertiary/aromatic N) is 1. The van der Waals surface area contributed by atoms with Crippen molar-refractivity contribution in [2.24, 2.45) is 0 Å². The van der Waals surface area contributed by atoms with E-state index in [1.807, 2.05) is 5.38 Å². The third kappa shape index (κ3) is 3.39. The van der Waals surface area contributed by atoms with E-state index in [1.54, 1.807) is 11.3 Å². The number of thiophene rings is 1. The van der Waals surface area contributed by atoms with Crippen LogP contribution in [0.1, 0.15) is 49.4 Å². The van der Waals surface area contributed by atoms with Crippen molar-refractivity contribution in [2.45, 2.75) is 45.1 Å². The van der Waals surface area contributed by atoms with Crippen LogP contribution in [0.3, 0.4) is 0 Å². The lowest BCUT2D eigenvalue weighted by Gasteiger charge is -2.22. The second-order valence-electron chi connectivity index (χ2n) is 6.46. The summed E-state index contributed by atoms with van der Waals surface area (Å²) in [5, 5.41) is 7.64. The summed E-state index contributed by atoms with van der Waals surface area (Å²) in [7, 11) is 0. The van der Waals surface area contributed by atoms with Gasteiger partial charge in [0, 0.05) is 15.7 Å². The largest absolute Gasteiger partial charge is 0.372 e. The van der Waals surface area contributed by atoms with Gasteiger partial charge in [-0.2, -0.15) is 0 Å². The summed E-state index contributed by atoms with van der Waals surface area (Å²) in [5.74, 6) is -0.0407. The van der Waals surface area contributed by atoms with Crippen molar-refractivity contribution in [3.63, 3.8) is 0 Å². The highest BCUT2D eigenvalue weighted by Gasteiger charge is 2.25. The molecule has 0 saturated carbocycles. The Morgan fingerprint density at radius 3 is 3.00 bits per heavy atom. The molecule has 0 unspecified atom stereocenters. The van der Waals surface area contributed by atoms with Gasteiger partial charge >= 0.3 is 0 Å². The topological polar surface area (TPSA) is 51.2 Å². The number of hydrogen-bond donors (Lipinski definition) is 1. The van der Waals surface area contributed by atoms with Crippen molar-refractivity contribution < 1.29 is 9.53 Å². The highest BCUT2D eigenvalue weighted by molar-refractivity contribution is 7.14. The fourth-order valence-electron chi connectivity index (χ4n) is 2.39. The average molecular weight is 336 g/mol. The molecule has 1 amide bonds. The molecule has 0 saturated heterocycles. The molecule has 0 radical (unpaired) electrons. The van der Waals surface area contributed by atoms with Crippen LogP contribution in [0, 0.1) is 0 Å². The van der Waals surface area contributed by atoms with E-state index in [4.69, 9.17) is 4.74 Å². The van der Waals surface area contributed by atoms with E-state index in [-0.39, 0.29) is 17.4 Å². The molecule has 0 fully saturated rings. The fraction of sp³-hybridized carbons (Fsp3) is 0.500. The Morgan fingerprint density at radius 1 is 1.45 bits per heavy atom. The van der Waals surface area contributed by atoms with E-state index in [0.717, 1.165) is 12.1 Å². The highest BCUT2D eigenvalue weighted by atomic mass is 32.1. The molecule has 0 aliphatic carbocycles. The molecule has 0 spiro atoms. The predicted octanol–water partition coefficient (Wildman–Crippen LogP) is 4.14. The van der Waals surface area contributed by atoms with Crippen LogP contribution in [-0.2, 0) is 21.4 Å². The third-order valence-corrected chi connectivity index (χ3v) is 5.46. The molecule has 1 atom stereocenters. The van der Waals surface area contributed by atoms with Crippen LogP contribution in [0.15, 0.2) is 16.8 Å². The monoisotopic (exact) mass is 336 g/mol. The zero-order valence-electron chi connectivity index (χ0n) is 13.0. The van der Waals surface area contributed by atoms with E-state index < -0.39 is 0 Å². The Hall–Kier alpha value is -1.24. The highest BCUT2D eigenvalue weighted by Crippen LogP contribution is 2.34. The van der Waals surface area contributed by atoms with Gasteiger partial charge in [-0.3, -0.25) is 4.79 Å². The van der Waals surface area contributed by atoms with Crippen molar-refractivity contribution in [1.29, 1.82) is 0 Å². The molecule has 6 heteroatoms. The van der Waals surface area contributed by atoms with Gasteiger partial charge < -0.3 is 10.1 Å². The molecule has 3 rings (SSSR count). The smallest absolute Gasteiger partial charge is 0.229 e.